The zero-order chi connectivity index (χ0) is 19.5. The van der Waals surface area contributed by atoms with Crippen molar-refractivity contribution in [2.75, 3.05) is 5.32 Å². The van der Waals surface area contributed by atoms with Crippen LogP contribution in [-0.4, -0.2) is 16.9 Å². The highest BCUT2D eigenvalue weighted by atomic mass is 35.5. The molecule has 4 aromatic rings. The number of carbonyl (C=O) groups excluding carboxylic acids is 2. The largest absolute Gasteiger partial charge is 0.327 e. The first-order chi connectivity index (χ1) is 13.6. The molecule has 28 heavy (non-hydrogen) atoms. The zero-order valence-corrected chi connectivity index (χ0v) is 16.1. The van der Waals surface area contributed by atoms with Gasteiger partial charge in [-0.15, -0.1) is 0 Å². The number of rotatable bonds is 3. The Morgan fingerprint density at radius 1 is 0.893 bits per heavy atom. The second-order valence-corrected chi connectivity index (χ2v) is 7.39. The fraction of sp³-hybridized carbons (Fsp3) is 0. The Labute approximate surface area is 170 Å². The molecule has 3 amide bonds. The zero-order valence-electron chi connectivity index (χ0n) is 14.5. The van der Waals surface area contributed by atoms with Crippen LogP contribution in [0, 0.1) is 0 Å². The van der Waals surface area contributed by atoms with Crippen molar-refractivity contribution in [2.24, 2.45) is 0 Å². The van der Waals surface area contributed by atoms with Crippen molar-refractivity contribution in [1.82, 2.24) is 10.3 Å². The third kappa shape index (κ3) is 3.88. The molecule has 5 nitrogen and oxygen atoms in total. The minimum atomic E-state index is -0.660. The predicted octanol–water partition coefficient (Wildman–Crippen LogP) is 5.58. The molecule has 1 aromatic heterocycles. The normalized spacial score (nSPS) is 10.6. The summed E-state index contributed by atoms with van der Waals surface area (Å²) < 4.78 is 0.939. The Morgan fingerprint density at radius 2 is 1.64 bits per heavy atom. The molecule has 0 bridgehead atoms. The van der Waals surface area contributed by atoms with Gasteiger partial charge in [-0.3, -0.25) is 15.4 Å². The van der Waals surface area contributed by atoms with E-state index in [9.17, 15) is 9.59 Å². The molecule has 0 saturated heterocycles. The average molecular weight is 408 g/mol. The molecule has 0 radical (unpaired) electrons. The Morgan fingerprint density at radius 3 is 2.43 bits per heavy atom. The Balaban J connectivity index is 1.49. The van der Waals surface area contributed by atoms with E-state index in [1.54, 1.807) is 24.3 Å². The molecule has 3 aromatic carbocycles. The van der Waals surface area contributed by atoms with Crippen LogP contribution in [0.3, 0.4) is 0 Å². The molecule has 0 atom stereocenters. The van der Waals surface area contributed by atoms with Crippen LogP contribution < -0.4 is 10.6 Å². The molecule has 4 rings (SSSR count). The molecule has 0 saturated carbocycles. The molecule has 0 aliphatic carbocycles. The van der Waals surface area contributed by atoms with Gasteiger partial charge in [0.2, 0.25) is 0 Å². The van der Waals surface area contributed by atoms with Crippen LogP contribution in [0.25, 0.3) is 21.3 Å². The molecule has 0 spiro atoms. The minimum Gasteiger partial charge on any atom is -0.283 e. The fourth-order valence-electron chi connectivity index (χ4n) is 2.73. The summed E-state index contributed by atoms with van der Waals surface area (Å²) >= 11 is 7.32. The highest BCUT2D eigenvalue weighted by Crippen LogP contribution is 2.30. The van der Waals surface area contributed by atoms with Crippen LogP contribution in [0.4, 0.5) is 9.93 Å². The van der Waals surface area contributed by atoms with E-state index in [4.69, 9.17) is 11.6 Å². The summed E-state index contributed by atoms with van der Waals surface area (Å²) in [6, 6.07) is 21.8. The number of nitrogens with one attached hydrogen (secondary N) is 2. The number of nitrogens with zero attached hydrogens (tertiary/aromatic N) is 1. The average Bonchev–Trinajstić information content (AvgIpc) is 3.10. The number of urea groups is 1. The summed E-state index contributed by atoms with van der Waals surface area (Å²) in [5.74, 6) is -0.574. The molecular weight excluding hydrogens is 394 g/mol. The first-order valence-electron chi connectivity index (χ1n) is 8.43. The second kappa shape index (κ2) is 7.80. The Bertz CT molecular complexity index is 1170. The summed E-state index contributed by atoms with van der Waals surface area (Å²) in [7, 11) is 0. The lowest BCUT2D eigenvalue weighted by Gasteiger charge is -2.05. The third-order valence-corrected chi connectivity index (χ3v) is 5.32. The first-order valence-corrected chi connectivity index (χ1v) is 9.62. The maximum Gasteiger partial charge on any atom is 0.327 e. The van der Waals surface area contributed by atoms with Gasteiger partial charge in [0, 0.05) is 0 Å². The smallest absolute Gasteiger partial charge is 0.283 e. The Hall–Kier alpha value is -3.22. The number of imide groups is 1. The topological polar surface area (TPSA) is 71.1 Å². The lowest BCUT2D eigenvalue weighted by molar-refractivity contribution is 0.0967. The summed E-state index contributed by atoms with van der Waals surface area (Å²) in [6.45, 7) is 0. The lowest BCUT2D eigenvalue weighted by atomic mass is 10.1. The number of hydrogen-bond donors (Lipinski definition) is 2. The van der Waals surface area contributed by atoms with Gasteiger partial charge < -0.3 is 0 Å². The number of benzene rings is 3. The number of fused-ring (bicyclic) bond motifs is 1. The molecule has 138 valence electrons. The van der Waals surface area contributed by atoms with Gasteiger partial charge in [-0.2, -0.15) is 0 Å². The molecule has 1 heterocycles. The van der Waals surface area contributed by atoms with Gasteiger partial charge in [-0.05, 0) is 35.4 Å². The summed E-state index contributed by atoms with van der Waals surface area (Å²) in [6.07, 6.45) is 0. The lowest BCUT2D eigenvalue weighted by Crippen LogP contribution is -2.34. The highest BCUT2D eigenvalue weighted by molar-refractivity contribution is 7.22. The van der Waals surface area contributed by atoms with E-state index in [1.807, 2.05) is 48.5 Å². The molecular formula is C21H14ClN3O2S. The van der Waals surface area contributed by atoms with E-state index in [0.717, 1.165) is 21.3 Å². The first kappa shape index (κ1) is 18.2. The number of amides is 3. The number of halogens is 1. The predicted molar refractivity (Wildman–Crippen MR) is 113 cm³/mol. The third-order valence-electron chi connectivity index (χ3n) is 4.06. The summed E-state index contributed by atoms with van der Waals surface area (Å²) in [4.78, 5) is 28.7. The van der Waals surface area contributed by atoms with Crippen molar-refractivity contribution in [1.29, 1.82) is 0 Å². The van der Waals surface area contributed by atoms with Crippen LogP contribution in [0.5, 0.6) is 0 Å². The van der Waals surface area contributed by atoms with Crippen LogP contribution in [0.15, 0.2) is 72.8 Å². The number of carbonyl (C=O) groups is 2. The van der Waals surface area contributed by atoms with E-state index in [2.05, 4.69) is 15.6 Å². The van der Waals surface area contributed by atoms with Crippen LogP contribution >= 0.6 is 22.9 Å². The van der Waals surface area contributed by atoms with E-state index in [1.165, 1.54) is 11.3 Å². The van der Waals surface area contributed by atoms with Gasteiger partial charge in [0.1, 0.15) is 0 Å². The monoisotopic (exact) mass is 407 g/mol. The number of hydrogen-bond acceptors (Lipinski definition) is 4. The number of aromatic nitrogens is 1. The summed E-state index contributed by atoms with van der Waals surface area (Å²) in [5.41, 5.74) is 3.19. The Kier molecular flexibility index (Phi) is 5.06. The van der Waals surface area contributed by atoms with Crippen molar-refractivity contribution >= 4 is 50.2 Å². The molecule has 7 heteroatoms. The van der Waals surface area contributed by atoms with E-state index in [0.29, 0.717) is 5.13 Å². The van der Waals surface area contributed by atoms with Gasteiger partial charge in [-0.25, -0.2) is 9.78 Å². The van der Waals surface area contributed by atoms with Crippen LogP contribution in [0.1, 0.15) is 10.4 Å². The van der Waals surface area contributed by atoms with Crippen molar-refractivity contribution in [3.05, 3.63) is 83.4 Å². The maximum absolute atomic E-state index is 12.2. The molecule has 2 N–H and O–H groups in total. The quantitative estimate of drug-likeness (QED) is 0.465. The van der Waals surface area contributed by atoms with Gasteiger partial charge in [0.15, 0.2) is 5.13 Å². The van der Waals surface area contributed by atoms with Crippen molar-refractivity contribution in [2.45, 2.75) is 0 Å². The van der Waals surface area contributed by atoms with Crippen molar-refractivity contribution in [3.63, 3.8) is 0 Å². The highest BCUT2D eigenvalue weighted by Gasteiger charge is 2.14. The second-order valence-electron chi connectivity index (χ2n) is 5.96. The van der Waals surface area contributed by atoms with E-state index in [-0.39, 0.29) is 10.6 Å². The summed E-state index contributed by atoms with van der Waals surface area (Å²) in [5, 5.41) is 5.55. The fourth-order valence-corrected chi connectivity index (χ4v) is 3.85. The van der Waals surface area contributed by atoms with Crippen LogP contribution in [-0.2, 0) is 0 Å². The SMILES string of the molecule is O=C(NC(=O)c1ccccc1Cl)Nc1nc2ccc(-c3ccccc3)cc2s1. The van der Waals surface area contributed by atoms with Gasteiger partial charge in [0.05, 0.1) is 20.8 Å². The van der Waals surface area contributed by atoms with Gasteiger partial charge in [0.25, 0.3) is 5.91 Å². The molecule has 0 aliphatic heterocycles. The van der Waals surface area contributed by atoms with Crippen molar-refractivity contribution in [3.8, 4) is 11.1 Å². The van der Waals surface area contributed by atoms with Crippen molar-refractivity contribution < 1.29 is 9.59 Å². The van der Waals surface area contributed by atoms with Gasteiger partial charge in [-0.1, -0.05) is 71.5 Å². The number of anilines is 1. The standard InChI is InChI=1S/C21H14ClN3O2S/c22-16-9-5-4-8-15(16)19(26)24-20(27)25-21-23-17-11-10-14(12-18(17)28-21)13-6-2-1-3-7-13/h1-12H,(H2,23,24,25,26,27). The minimum absolute atomic E-state index is 0.233. The van der Waals surface area contributed by atoms with E-state index < -0.39 is 11.9 Å². The molecule has 0 aliphatic rings. The number of thiazole rings is 1. The van der Waals surface area contributed by atoms with Crippen LogP contribution in [0.2, 0.25) is 5.02 Å². The van der Waals surface area contributed by atoms with Gasteiger partial charge >= 0.3 is 6.03 Å². The molecule has 0 fully saturated rings. The molecule has 0 unspecified atom stereocenters. The maximum atomic E-state index is 12.2. The van der Waals surface area contributed by atoms with E-state index >= 15 is 0 Å².